The number of rotatable bonds is 4. The Bertz CT molecular complexity index is 694. The Kier molecular flexibility index (Phi) is 8.22. The maximum Gasteiger partial charge on any atom is 0.00115 e. The molecule has 4 saturated carbocycles. The third-order valence-electron chi connectivity index (χ3n) is 12.5. The Balaban J connectivity index is 1.59. The molecule has 0 radical (unpaired) electrons. The molecule has 4 aliphatic rings. The highest BCUT2D eigenvalue weighted by Gasteiger charge is 2.55. The van der Waals surface area contributed by atoms with E-state index in [1.807, 2.05) is 0 Å². The van der Waals surface area contributed by atoms with E-state index in [9.17, 15) is 0 Å². The van der Waals surface area contributed by atoms with Gasteiger partial charge in [-0.1, -0.05) is 67.7 Å². The molecule has 0 aromatic rings. The van der Waals surface area contributed by atoms with Crippen LogP contribution in [0.5, 0.6) is 0 Å². The van der Waals surface area contributed by atoms with Gasteiger partial charge in [-0.2, -0.15) is 0 Å². The van der Waals surface area contributed by atoms with Crippen LogP contribution in [-0.4, -0.2) is 35.5 Å². The molecule has 7 atom stereocenters. The molecule has 4 fully saturated rings. The lowest BCUT2D eigenvalue weighted by atomic mass is 9.55. The molecule has 0 nitrogen and oxygen atoms in total. The Hall–Kier alpha value is 0.700. The molecule has 0 aromatic heterocycles. The van der Waals surface area contributed by atoms with Crippen molar-refractivity contribution in [1.82, 2.24) is 0 Å². The summed E-state index contributed by atoms with van der Waals surface area (Å²) in [5, 5.41) is 2.11. The molecule has 35 heavy (non-hydrogen) atoms. The molecule has 2 heteroatoms. The lowest BCUT2D eigenvalue weighted by Crippen LogP contribution is -2.42. The molecule has 0 saturated heterocycles. The molecule has 0 aromatic carbocycles. The summed E-state index contributed by atoms with van der Waals surface area (Å²) in [6.07, 6.45) is 28.1. The summed E-state index contributed by atoms with van der Waals surface area (Å²) in [5.74, 6) is 6.88. The number of fused-ring (bicyclic) bond motifs is 1. The van der Waals surface area contributed by atoms with E-state index in [0.717, 1.165) is 51.9 Å². The van der Waals surface area contributed by atoms with E-state index in [0.29, 0.717) is 10.8 Å². The second-order valence-electron chi connectivity index (χ2n) is 16.7. The van der Waals surface area contributed by atoms with Gasteiger partial charge in [0.1, 0.15) is 0 Å². The van der Waals surface area contributed by atoms with E-state index in [-0.39, 0.29) is 0 Å². The summed E-state index contributed by atoms with van der Waals surface area (Å²) < 4.78 is 0. The van der Waals surface area contributed by atoms with Crippen LogP contribution in [0.4, 0.5) is 0 Å². The number of hydrogen-bond acceptors (Lipinski definition) is 0. The fourth-order valence-corrected chi connectivity index (χ4v) is 20.4. The van der Waals surface area contributed by atoms with Gasteiger partial charge in [-0.05, 0) is 134 Å². The van der Waals surface area contributed by atoms with Crippen molar-refractivity contribution in [3.63, 3.8) is 0 Å². The van der Waals surface area contributed by atoms with Gasteiger partial charge >= 0.3 is 0 Å². The van der Waals surface area contributed by atoms with E-state index < -0.39 is 18.1 Å². The van der Waals surface area contributed by atoms with Crippen molar-refractivity contribution in [2.24, 2.45) is 52.3 Å². The average molecular weight is 525 g/mol. The van der Waals surface area contributed by atoms with Crippen molar-refractivity contribution >= 4 is 18.1 Å². The molecule has 0 N–H and O–H groups in total. The van der Waals surface area contributed by atoms with E-state index in [1.165, 1.54) is 38.5 Å². The van der Waals surface area contributed by atoms with Crippen LogP contribution in [0.2, 0.25) is 0 Å². The van der Waals surface area contributed by atoms with Gasteiger partial charge in [0.05, 0.1) is 0 Å². The van der Waals surface area contributed by atoms with Crippen LogP contribution in [0.1, 0.15) is 119 Å². The van der Waals surface area contributed by atoms with Crippen molar-refractivity contribution in [3.05, 3.63) is 0 Å². The molecule has 0 aliphatic heterocycles. The van der Waals surface area contributed by atoms with E-state index in [2.05, 4.69) is 73.5 Å². The van der Waals surface area contributed by atoms with Gasteiger partial charge in [-0.15, -0.1) is 0 Å². The van der Waals surface area contributed by atoms with Crippen LogP contribution in [0.25, 0.3) is 0 Å². The quantitative estimate of drug-likeness (QED) is 0.321. The first kappa shape index (κ1) is 28.7. The molecule has 4 aliphatic carbocycles. The number of hydrogen-bond donors (Lipinski definition) is 0. The first-order valence-electron chi connectivity index (χ1n) is 15.5. The normalized spacial score (nSPS) is 41.1. The van der Waals surface area contributed by atoms with Crippen molar-refractivity contribution < 1.29 is 0 Å². The zero-order valence-corrected chi connectivity index (χ0v) is 27.4. The van der Waals surface area contributed by atoms with Crippen molar-refractivity contribution in [1.29, 1.82) is 0 Å². The van der Waals surface area contributed by atoms with Crippen molar-refractivity contribution in [2.45, 2.75) is 130 Å². The SMILES string of the molecule is CC1CC2C(C3CC(C(C)(C)C)CC(C(C)(C)C)C3)CCCC2C1S(C)(C)S(C)(C)C1CCCC1. The summed E-state index contributed by atoms with van der Waals surface area (Å²) in [7, 11) is -1.10. The summed E-state index contributed by atoms with van der Waals surface area (Å²) in [5.41, 5.74) is 0.922. The predicted octanol–water partition coefficient (Wildman–Crippen LogP) is 10.5. The second kappa shape index (κ2) is 10.0. The molecule has 0 heterocycles. The smallest absolute Gasteiger partial charge is 0.00115 e. The molecular formula is C33H64S2. The van der Waals surface area contributed by atoms with Crippen molar-refractivity contribution in [2.75, 3.05) is 25.0 Å². The Labute approximate surface area is 224 Å². The van der Waals surface area contributed by atoms with Crippen LogP contribution in [0.15, 0.2) is 0 Å². The third kappa shape index (κ3) is 5.43. The largest absolute Gasteiger partial charge is 0.213 e. The van der Waals surface area contributed by atoms with Gasteiger partial charge < -0.3 is 0 Å². The molecule has 0 spiro atoms. The van der Waals surface area contributed by atoms with Crippen LogP contribution in [-0.2, 0) is 0 Å². The lowest BCUT2D eigenvalue weighted by molar-refractivity contribution is -0.0000845. The van der Waals surface area contributed by atoms with Crippen LogP contribution < -0.4 is 0 Å². The molecule has 7 unspecified atom stereocenters. The monoisotopic (exact) mass is 524 g/mol. The van der Waals surface area contributed by atoms with Gasteiger partial charge in [-0.3, -0.25) is 0 Å². The molecule has 0 amide bonds. The summed E-state index contributed by atoms with van der Waals surface area (Å²) in [6, 6.07) is 0. The highest BCUT2D eigenvalue weighted by atomic mass is 33.2. The first-order valence-corrected chi connectivity index (χ1v) is 21.0. The van der Waals surface area contributed by atoms with Crippen LogP contribution >= 0.6 is 18.1 Å². The zero-order chi connectivity index (χ0) is 26.0. The molecular weight excluding hydrogens is 460 g/mol. The zero-order valence-electron chi connectivity index (χ0n) is 25.8. The molecule has 0 bridgehead atoms. The summed E-state index contributed by atoms with van der Waals surface area (Å²) >= 11 is 0. The summed E-state index contributed by atoms with van der Waals surface area (Å²) in [4.78, 5) is 0. The van der Waals surface area contributed by atoms with Gasteiger partial charge in [0.25, 0.3) is 0 Å². The average Bonchev–Trinajstić information content (AvgIpc) is 3.39. The van der Waals surface area contributed by atoms with E-state index in [4.69, 9.17) is 0 Å². The standard InChI is InChI=1S/C33H64S2/c1-23-19-30-28(24-20-25(32(2,3)4)22-26(21-24)33(5,6)7)17-14-18-29(30)31(23)35(10,11)34(8,9)27-15-12-13-16-27/h23-31H,12-22H2,1-11H3. The minimum atomic E-state index is -0.580. The van der Waals surface area contributed by atoms with Gasteiger partial charge in [-0.25, -0.2) is 18.1 Å². The van der Waals surface area contributed by atoms with Gasteiger partial charge in [0.15, 0.2) is 0 Å². The minimum absolute atomic E-state index is 0.461. The van der Waals surface area contributed by atoms with Crippen molar-refractivity contribution in [3.8, 4) is 0 Å². The maximum absolute atomic E-state index is 2.83. The van der Waals surface area contributed by atoms with E-state index >= 15 is 0 Å². The first-order chi connectivity index (χ1) is 16.0. The fraction of sp³-hybridized carbons (Fsp3) is 1.00. The maximum atomic E-state index is 2.83. The molecule has 4 rings (SSSR count). The topological polar surface area (TPSA) is 0 Å². The summed E-state index contributed by atoms with van der Waals surface area (Å²) in [6.45, 7) is 17.9. The molecule has 208 valence electrons. The predicted molar refractivity (Wildman–Crippen MR) is 166 cm³/mol. The highest BCUT2D eigenvalue weighted by molar-refractivity contribution is 9.07. The minimum Gasteiger partial charge on any atom is -0.213 e. The van der Waals surface area contributed by atoms with Crippen LogP contribution in [0, 0.1) is 52.3 Å². The Morgan fingerprint density at radius 2 is 1.06 bits per heavy atom. The van der Waals surface area contributed by atoms with E-state index in [1.54, 1.807) is 32.1 Å². The Morgan fingerprint density at radius 3 is 1.57 bits per heavy atom. The van der Waals surface area contributed by atoms with Gasteiger partial charge in [0, 0.05) is 5.25 Å². The second-order valence-corrected chi connectivity index (χ2v) is 28.3. The fourth-order valence-electron chi connectivity index (χ4n) is 9.86. The Morgan fingerprint density at radius 1 is 0.543 bits per heavy atom. The van der Waals surface area contributed by atoms with Crippen LogP contribution in [0.3, 0.4) is 0 Å². The van der Waals surface area contributed by atoms with Gasteiger partial charge in [0.2, 0.25) is 0 Å². The highest BCUT2D eigenvalue weighted by Crippen LogP contribution is 2.83. The lowest BCUT2D eigenvalue weighted by Gasteiger charge is -2.61. The third-order valence-corrected chi connectivity index (χ3v) is 27.0.